The van der Waals surface area contributed by atoms with Crippen molar-refractivity contribution in [2.24, 2.45) is 11.8 Å². The van der Waals surface area contributed by atoms with Crippen molar-refractivity contribution in [2.45, 2.75) is 65.9 Å². The van der Waals surface area contributed by atoms with E-state index in [-0.39, 0.29) is 6.42 Å². The van der Waals surface area contributed by atoms with Crippen LogP contribution < -0.4 is 20.1 Å². The second kappa shape index (κ2) is 15.1. The molecule has 1 aliphatic rings. The van der Waals surface area contributed by atoms with Crippen LogP contribution in [0.25, 0.3) is 0 Å². The first-order chi connectivity index (χ1) is 23.4. The van der Waals surface area contributed by atoms with Crippen LogP contribution in [0.2, 0.25) is 0 Å². The molecule has 4 aromatic carbocycles. The van der Waals surface area contributed by atoms with Gasteiger partial charge in [-0.1, -0.05) is 60.7 Å². The van der Waals surface area contributed by atoms with E-state index < -0.39 is 41.0 Å². The molecule has 0 aromatic heterocycles. The molecule has 8 heteroatoms. The predicted molar refractivity (Wildman–Crippen MR) is 192 cm³/mol. The monoisotopic (exact) mass is 662 g/mol. The Morgan fingerprint density at radius 1 is 0.796 bits per heavy atom. The van der Waals surface area contributed by atoms with Gasteiger partial charge in [0.25, 0.3) is 0 Å². The van der Waals surface area contributed by atoms with Crippen molar-refractivity contribution < 1.29 is 29.0 Å². The fraction of sp³-hybridized carbons (Fsp3) is 0.341. The normalized spacial score (nSPS) is 20.4. The maximum Gasteiger partial charge on any atom is 0.235 e. The fourth-order valence-corrected chi connectivity index (χ4v) is 6.70. The van der Waals surface area contributed by atoms with Gasteiger partial charge in [-0.15, -0.1) is 0 Å². The zero-order chi connectivity index (χ0) is 35.3. The summed E-state index contributed by atoms with van der Waals surface area (Å²) in [5.74, 6) is -4.01. The Hall–Kier alpha value is -4.95. The first-order valence-corrected chi connectivity index (χ1v) is 16.8. The van der Waals surface area contributed by atoms with Crippen LogP contribution in [0.3, 0.4) is 0 Å². The maximum absolute atomic E-state index is 14.3. The summed E-state index contributed by atoms with van der Waals surface area (Å²) >= 11 is 0. The van der Waals surface area contributed by atoms with Crippen molar-refractivity contribution >= 4 is 29.0 Å². The second-order valence-corrected chi connectivity index (χ2v) is 13.3. The van der Waals surface area contributed by atoms with Gasteiger partial charge in [0, 0.05) is 30.1 Å². The van der Waals surface area contributed by atoms with Crippen LogP contribution in [0.15, 0.2) is 84.9 Å². The van der Waals surface area contributed by atoms with E-state index in [0.717, 1.165) is 27.8 Å². The molecule has 5 rings (SSSR count). The number of ether oxygens (including phenoxy) is 2. The largest absolute Gasteiger partial charge is 0.490 e. The molecule has 8 nitrogen and oxygen atoms in total. The lowest BCUT2D eigenvalue weighted by Crippen LogP contribution is -2.56. The molecule has 4 aromatic rings. The van der Waals surface area contributed by atoms with E-state index in [1.54, 1.807) is 18.2 Å². The second-order valence-electron chi connectivity index (χ2n) is 13.3. The van der Waals surface area contributed by atoms with Gasteiger partial charge < -0.3 is 25.2 Å². The van der Waals surface area contributed by atoms with Gasteiger partial charge in [0.15, 0.2) is 11.5 Å². The number of aliphatic hydroxyl groups is 1. The SMILES string of the molecule is CCOc1cc(C2C(C(=O)Nc3cc(C)ccc3C)C(=O)CC(C)(O)C2C(=O)Nc2cc(C)ccc2C)ccc1OCCc1ccccc1. The number of hydrogen-bond donors (Lipinski definition) is 3. The minimum atomic E-state index is -1.75. The van der Waals surface area contributed by atoms with E-state index >= 15 is 0 Å². The van der Waals surface area contributed by atoms with Gasteiger partial charge in [0.05, 0.1) is 24.7 Å². The van der Waals surface area contributed by atoms with Gasteiger partial charge in [0.2, 0.25) is 11.8 Å². The zero-order valence-electron chi connectivity index (χ0n) is 29.1. The minimum absolute atomic E-state index is 0.340. The molecule has 3 N–H and O–H groups in total. The Morgan fingerprint density at radius 2 is 1.41 bits per heavy atom. The average Bonchev–Trinajstić information content (AvgIpc) is 3.05. The summed E-state index contributed by atoms with van der Waals surface area (Å²) in [6, 6.07) is 26.7. The average molecular weight is 663 g/mol. The molecule has 1 aliphatic carbocycles. The number of anilines is 2. The first-order valence-electron chi connectivity index (χ1n) is 16.8. The number of benzene rings is 4. The lowest BCUT2D eigenvalue weighted by molar-refractivity contribution is -0.150. The van der Waals surface area contributed by atoms with E-state index in [0.29, 0.717) is 48.1 Å². The Kier molecular flexibility index (Phi) is 10.9. The predicted octanol–water partition coefficient (Wildman–Crippen LogP) is 7.26. The maximum atomic E-state index is 14.3. The fourth-order valence-electron chi connectivity index (χ4n) is 6.70. The quantitative estimate of drug-likeness (QED) is 0.146. The topological polar surface area (TPSA) is 114 Å². The first kappa shape index (κ1) is 35.4. The molecule has 0 bridgehead atoms. The van der Waals surface area contributed by atoms with Crippen molar-refractivity contribution in [3.8, 4) is 11.5 Å². The Bertz CT molecular complexity index is 1830. The summed E-state index contributed by atoms with van der Waals surface area (Å²) in [7, 11) is 0. The molecule has 2 amide bonds. The lowest BCUT2D eigenvalue weighted by atomic mass is 9.61. The Balaban J connectivity index is 1.56. The van der Waals surface area contributed by atoms with Crippen molar-refractivity contribution in [3.05, 3.63) is 118 Å². The van der Waals surface area contributed by atoms with Crippen LogP contribution in [0.4, 0.5) is 11.4 Å². The highest BCUT2D eigenvalue weighted by Gasteiger charge is 2.56. The van der Waals surface area contributed by atoms with E-state index in [2.05, 4.69) is 10.6 Å². The summed E-state index contributed by atoms with van der Waals surface area (Å²) in [6.45, 7) is 11.7. The van der Waals surface area contributed by atoms with Crippen LogP contribution in [-0.2, 0) is 20.8 Å². The van der Waals surface area contributed by atoms with Crippen molar-refractivity contribution in [2.75, 3.05) is 23.8 Å². The van der Waals surface area contributed by atoms with Crippen molar-refractivity contribution in [1.29, 1.82) is 0 Å². The highest BCUT2D eigenvalue weighted by Crippen LogP contribution is 2.48. The summed E-state index contributed by atoms with van der Waals surface area (Å²) in [5, 5.41) is 17.8. The number of carbonyl (C=O) groups is 3. The number of rotatable bonds is 11. The van der Waals surface area contributed by atoms with Gasteiger partial charge in [0.1, 0.15) is 11.7 Å². The van der Waals surface area contributed by atoms with E-state index in [1.165, 1.54) is 6.92 Å². The standard InChI is InChI=1S/C41H46N2O6/c1-7-48-35-23-30(17-18-34(35)49-20-19-29-11-9-8-10-12-29)36-37(39(45)42-31-21-25(2)13-15-27(31)4)33(44)24-41(6,47)38(36)40(46)43-32-22-26(3)14-16-28(32)5/h8-18,21-23,36-38,47H,7,19-20,24H2,1-6H3,(H,42,45)(H,43,46). The van der Waals surface area contributed by atoms with Gasteiger partial charge in [-0.05, 0) is 99.2 Å². The third-order valence-corrected chi connectivity index (χ3v) is 9.28. The van der Waals surface area contributed by atoms with Gasteiger partial charge in [-0.25, -0.2) is 0 Å². The Labute approximate surface area is 288 Å². The summed E-state index contributed by atoms with van der Waals surface area (Å²) in [5.41, 5.74) is 4.67. The van der Waals surface area contributed by atoms with Crippen LogP contribution >= 0.6 is 0 Å². The molecule has 0 aliphatic heterocycles. The number of ketones is 1. The Morgan fingerprint density at radius 3 is 2.02 bits per heavy atom. The highest BCUT2D eigenvalue weighted by molar-refractivity contribution is 6.10. The number of aryl methyl sites for hydroxylation is 4. The third-order valence-electron chi connectivity index (χ3n) is 9.28. The van der Waals surface area contributed by atoms with Gasteiger partial charge in [-0.2, -0.15) is 0 Å². The molecular weight excluding hydrogens is 616 g/mol. The van der Waals surface area contributed by atoms with E-state index in [1.807, 2.05) is 101 Å². The molecular formula is C41H46N2O6. The minimum Gasteiger partial charge on any atom is -0.490 e. The zero-order valence-corrected chi connectivity index (χ0v) is 29.1. The molecule has 256 valence electrons. The molecule has 4 atom stereocenters. The van der Waals surface area contributed by atoms with Crippen molar-refractivity contribution in [3.63, 3.8) is 0 Å². The number of amides is 2. The van der Waals surface area contributed by atoms with Gasteiger partial charge >= 0.3 is 0 Å². The number of hydrogen-bond acceptors (Lipinski definition) is 6. The molecule has 0 radical (unpaired) electrons. The van der Waals surface area contributed by atoms with E-state index in [4.69, 9.17) is 9.47 Å². The number of nitrogens with one attached hydrogen (secondary N) is 2. The van der Waals surface area contributed by atoms with Crippen LogP contribution in [0.5, 0.6) is 11.5 Å². The molecule has 0 saturated heterocycles. The van der Waals surface area contributed by atoms with Crippen molar-refractivity contribution in [1.82, 2.24) is 0 Å². The smallest absolute Gasteiger partial charge is 0.235 e. The molecule has 0 spiro atoms. The molecule has 1 fully saturated rings. The summed E-state index contributed by atoms with van der Waals surface area (Å²) in [6.07, 6.45) is 0.327. The summed E-state index contributed by atoms with van der Waals surface area (Å²) < 4.78 is 12.2. The molecule has 0 heterocycles. The highest BCUT2D eigenvalue weighted by atomic mass is 16.5. The number of carbonyl (C=O) groups excluding carboxylic acids is 3. The van der Waals surface area contributed by atoms with Crippen LogP contribution in [0.1, 0.15) is 59.6 Å². The van der Waals surface area contributed by atoms with Crippen LogP contribution in [-0.4, -0.2) is 41.5 Å². The number of Topliss-reactive ketones (excluding diaryl/α,β-unsaturated/α-hetero) is 1. The molecule has 49 heavy (non-hydrogen) atoms. The van der Waals surface area contributed by atoms with E-state index in [9.17, 15) is 19.5 Å². The third kappa shape index (κ3) is 8.20. The summed E-state index contributed by atoms with van der Waals surface area (Å²) in [4.78, 5) is 42.5. The van der Waals surface area contributed by atoms with Gasteiger partial charge in [-0.3, -0.25) is 14.4 Å². The molecule has 1 saturated carbocycles. The molecule has 4 unspecified atom stereocenters. The van der Waals surface area contributed by atoms with Crippen LogP contribution in [0, 0.1) is 39.5 Å². The lowest BCUT2D eigenvalue weighted by Gasteiger charge is -2.44.